The average Bonchev–Trinajstić information content (AvgIpc) is 3.07. The van der Waals surface area contributed by atoms with Gasteiger partial charge in [-0.3, -0.25) is 5.32 Å². The number of thiazole rings is 1. The third-order valence-corrected chi connectivity index (χ3v) is 4.10. The number of imidazole rings is 1. The van der Waals surface area contributed by atoms with Crippen molar-refractivity contribution in [2.75, 3.05) is 0 Å². The highest BCUT2D eigenvalue weighted by Gasteiger charge is 2.15. The number of benzene rings is 1. The molecule has 0 bridgehead atoms. The molecule has 0 amide bonds. The summed E-state index contributed by atoms with van der Waals surface area (Å²) < 4.78 is 0. The zero-order valence-corrected chi connectivity index (χ0v) is 11.7. The molecule has 0 spiro atoms. The molecule has 2 N–H and O–H groups in total. The molecule has 2 unspecified atom stereocenters. The summed E-state index contributed by atoms with van der Waals surface area (Å²) in [5, 5.41) is 6.61. The minimum absolute atomic E-state index is 0.159. The zero-order chi connectivity index (χ0) is 13.2. The number of fused-ring (bicyclic) bond motifs is 1. The Balaban J connectivity index is 1.78. The molecule has 98 valence electrons. The highest BCUT2D eigenvalue weighted by Crippen LogP contribution is 2.21. The van der Waals surface area contributed by atoms with Crippen molar-refractivity contribution in [3.8, 4) is 0 Å². The Morgan fingerprint density at radius 1 is 1.21 bits per heavy atom. The van der Waals surface area contributed by atoms with E-state index >= 15 is 0 Å². The van der Waals surface area contributed by atoms with Gasteiger partial charge in [0.25, 0.3) is 0 Å². The summed E-state index contributed by atoms with van der Waals surface area (Å²) in [5.74, 6) is 0.963. The number of H-pyrrole nitrogens is 1. The maximum Gasteiger partial charge on any atom is 0.124 e. The number of nitrogens with one attached hydrogen (secondary N) is 2. The third kappa shape index (κ3) is 2.52. The van der Waals surface area contributed by atoms with E-state index in [0.29, 0.717) is 0 Å². The predicted molar refractivity (Wildman–Crippen MR) is 78.2 cm³/mol. The first kappa shape index (κ1) is 12.3. The number of hydrogen-bond acceptors (Lipinski definition) is 4. The summed E-state index contributed by atoms with van der Waals surface area (Å²) in [6, 6.07) is 8.47. The summed E-state index contributed by atoms with van der Waals surface area (Å²) in [4.78, 5) is 12.3. The van der Waals surface area contributed by atoms with Crippen LogP contribution in [0.5, 0.6) is 0 Å². The van der Waals surface area contributed by atoms with Crippen LogP contribution in [0.2, 0.25) is 0 Å². The van der Waals surface area contributed by atoms with Crippen LogP contribution in [0.25, 0.3) is 11.0 Å². The number of nitrogens with zero attached hydrogens (tertiary/aromatic N) is 2. The molecule has 2 atom stereocenters. The lowest BCUT2D eigenvalue weighted by Crippen LogP contribution is -2.23. The van der Waals surface area contributed by atoms with E-state index in [1.807, 2.05) is 35.8 Å². The van der Waals surface area contributed by atoms with Gasteiger partial charge in [-0.05, 0) is 26.0 Å². The van der Waals surface area contributed by atoms with Crippen LogP contribution in [-0.4, -0.2) is 15.0 Å². The lowest BCUT2D eigenvalue weighted by atomic mass is 10.2. The van der Waals surface area contributed by atoms with Gasteiger partial charge in [0, 0.05) is 11.6 Å². The van der Waals surface area contributed by atoms with Crippen LogP contribution in [0, 0.1) is 0 Å². The van der Waals surface area contributed by atoms with Crippen LogP contribution in [0.15, 0.2) is 35.8 Å². The smallest absolute Gasteiger partial charge is 0.124 e. The Bertz CT molecular complexity index is 626. The molecule has 0 fully saturated rings. The van der Waals surface area contributed by atoms with Gasteiger partial charge in [-0.15, -0.1) is 11.3 Å². The second kappa shape index (κ2) is 5.11. The van der Waals surface area contributed by atoms with Crippen LogP contribution in [0.4, 0.5) is 0 Å². The summed E-state index contributed by atoms with van der Waals surface area (Å²) in [5.41, 5.74) is 2.08. The van der Waals surface area contributed by atoms with E-state index in [4.69, 9.17) is 0 Å². The maximum absolute atomic E-state index is 4.61. The number of hydrogen-bond donors (Lipinski definition) is 2. The topological polar surface area (TPSA) is 53.6 Å². The van der Waals surface area contributed by atoms with Crippen LogP contribution in [0.3, 0.4) is 0 Å². The minimum Gasteiger partial charge on any atom is -0.341 e. The fraction of sp³-hybridized carbons (Fsp3) is 0.286. The molecule has 5 heteroatoms. The van der Waals surface area contributed by atoms with Crippen LogP contribution < -0.4 is 5.32 Å². The first-order valence-corrected chi connectivity index (χ1v) is 7.22. The lowest BCUT2D eigenvalue weighted by molar-refractivity contribution is 0.479. The molecule has 3 aromatic rings. The molecular weight excluding hydrogens is 256 g/mol. The molecule has 0 aliphatic rings. The number of aromatic amines is 1. The molecule has 1 aromatic carbocycles. The Labute approximate surface area is 115 Å². The van der Waals surface area contributed by atoms with Crippen molar-refractivity contribution >= 4 is 22.4 Å². The van der Waals surface area contributed by atoms with E-state index in [1.54, 1.807) is 11.3 Å². The van der Waals surface area contributed by atoms with Gasteiger partial charge < -0.3 is 4.98 Å². The number of para-hydroxylation sites is 2. The molecule has 3 rings (SSSR count). The van der Waals surface area contributed by atoms with E-state index in [1.165, 1.54) is 0 Å². The fourth-order valence-electron chi connectivity index (χ4n) is 2.15. The fourth-order valence-corrected chi connectivity index (χ4v) is 2.81. The third-order valence-electron chi connectivity index (χ3n) is 3.14. The summed E-state index contributed by atoms with van der Waals surface area (Å²) >= 11 is 1.67. The van der Waals surface area contributed by atoms with Crippen molar-refractivity contribution in [3.05, 3.63) is 46.7 Å². The Morgan fingerprint density at radius 2 is 2.05 bits per heavy atom. The Morgan fingerprint density at radius 3 is 2.79 bits per heavy atom. The molecular formula is C14H16N4S. The van der Waals surface area contributed by atoms with Gasteiger partial charge in [-0.2, -0.15) is 0 Å². The van der Waals surface area contributed by atoms with Crippen LogP contribution in [-0.2, 0) is 0 Å². The van der Waals surface area contributed by atoms with Gasteiger partial charge >= 0.3 is 0 Å². The Hall–Kier alpha value is -1.72. The molecule has 0 aliphatic carbocycles. The van der Waals surface area contributed by atoms with Crippen molar-refractivity contribution in [1.29, 1.82) is 0 Å². The van der Waals surface area contributed by atoms with Crippen LogP contribution in [0.1, 0.15) is 36.8 Å². The maximum atomic E-state index is 4.61. The first-order chi connectivity index (χ1) is 9.24. The SMILES string of the molecule is CC(NC(C)c1nccs1)c1nc2ccccc2[nH]1. The van der Waals surface area contributed by atoms with Crippen molar-refractivity contribution in [3.63, 3.8) is 0 Å². The monoisotopic (exact) mass is 272 g/mol. The number of rotatable bonds is 4. The molecule has 2 aromatic heterocycles. The van der Waals surface area contributed by atoms with Gasteiger partial charge in [0.15, 0.2) is 0 Å². The Kier molecular flexibility index (Phi) is 3.31. The molecule has 0 radical (unpaired) electrons. The summed E-state index contributed by atoms with van der Waals surface area (Å²) in [7, 11) is 0. The largest absolute Gasteiger partial charge is 0.341 e. The highest BCUT2D eigenvalue weighted by atomic mass is 32.1. The highest BCUT2D eigenvalue weighted by molar-refractivity contribution is 7.09. The second-order valence-corrected chi connectivity index (χ2v) is 5.55. The average molecular weight is 272 g/mol. The number of aromatic nitrogens is 3. The van der Waals surface area contributed by atoms with Crippen molar-refractivity contribution in [2.45, 2.75) is 25.9 Å². The van der Waals surface area contributed by atoms with Gasteiger partial charge in [0.05, 0.1) is 23.1 Å². The summed E-state index contributed by atoms with van der Waals surface area (Å²) in [6.45, 7) is 4.24. The van der Waals surface area contributed by atoms with E-state index < -0.39 is 0 Å². The van der Waals surface area contributed by atoms with Crippen LogP contribution >= 0.6 is 11.3 Å². The summed E-state index contributed by atoms with van der Waals surface area (Å²) in [6.07, 6.45) is 1.84. The van der Waals surface area contributed by atoms with Crippen molar-refractivity contribution in [1.82, 2.24) is 20.3 Å². The van der Waals surface area contributed by atoms with E-state index in [-0.39, 0.29) is 12.1 Å². The minimum atomic E-state index is 0.159. The van der Waals surface area contributed by atoms with Gasteiger partial charge in [0.2, 0.25) is 0 Å². The molecule has 19 heavy (non-hydrogen) atoms. The quantitative estimate of drug-likeness (QED) is 0.765. The second-order valence-electron chi connectivity index (χ2n) is 4.62. The van der Waals surface area contributed by atoms with Gasteiger partial charge in [-0.25, -0.2) is 9.97 Å². The van der Waals surface area contributed by atoms with Gasteiger partial charge in [-0.1, -0.05) is 12.1 Å². The molecule has 0 aliphatic heterocycles. The van der Waals surface area contributed by atoms with Crippen molar-refractivity contribution in [2.24, 2.45) is 0 Å². The van der Waals surface area contributed by atoms with E-state index in [9.17, 15) is 0 Å². The predicted octanol–water partition coefficient (Wildman–Crippen LogP) is 3.43. The zero-order valence-electron chi connectivity index (χ0n) is 10.9. The lowest BCUT2D eigenvalue weighted by Gasteiger charge is -2.16. The standard InChI is InChI=1S/C14H16N4S/c1-9(16-10(2)14-15-7-8-19-14)13-17-11-5-3-4-6-12(11)18-13/h3-10,16H,1-2H3,(H,17,18). The molecule has 0 saturated heterocycles. The van der Waals surface area contributed by atoms with Gasteiger partial charge in [0.1, 0.15) is 10.8 Å². The molecule has 0 saturated carbocycles. The first-order valence-electron chi connectivity index (χ1n) is 6.34. The van der Waals surface area contributed by atoms with E-state index in [0.717, 1.165) is 21.9 Å². The van der Waals surface area contributed by atoms with Crippen molar-refractivity contribution < 1.29 is 0 Å². The normalized spacial score (nSPS) is 14.6. The molecule has 2 heterocycles. The molecule has 4 nitrogen and oxygen atoms in total. The van der Waals surface area contributed by atoms with E-state index in [2.05, 4.69) is 34.1 Å².